The van der Waals surface area contributed by atoms with E-state index in [-0.39, 0.29) is 5.57 Å². The summed E-state index contributed by atoms with van der Waals surface area (Å²) in [5.74, 6) is -0.726. The highest BCUT2D eigenvalue weighted by Crippen LogP contribution is 2.26. The third-order valence-electron chi connectivity index (χ3n) is 5.28. The molecule has 3 aromatic rings. The summed E-state index contributed by atoms with van der Waals surface area (Å²) < 4.78 is 6.70. The number of nitrogens with zero attached hydrogens (tertiary/aromatic N) is 1. The van der Waals surface area contributed by atoms with Crippen LogP contribution in [0.4, 0.5) is 10.5 Å². The van der Waals surface area contributed by atoms with E-state index in [1.165, 1.54) is 6.08 Å². The molecule has 0 atom stereocenters. The molecule has 0 aromatic heterocycles. The van der Waals surface area contributed by atoms with Crippen molar-refractivity contribution in [2.24, 2.45) is 0 Å². The van der Waals surface area contributed by atoms with E-state index in [4.69, 9.17) is 16.3 Å². The van der Waals surface area contributed by atoms with Crippen LogP contribution in [0.25, 0.3) is 6.08 Å². The third kappa shape index (κ3) is 5.31. The second-order valence-corrected chi connectivity index (χ2v) is 9.18. The molecule has 172 valence electrons. The van der Waals surface area contributed by atoms with Gasteiger partial charge >= 0.3 is 6.03 Å². The summed E-state index contributed by atoms with van der Waals surface area (Å²) in [6.07, 6.45) is 2.31. The number of carbonyl (C=O) groups excluding carboxylic acids is 3. The van der Waals surface area contributed by atoms with E-state index in [1.807, 2.05) is 37.3 Å². The van der Waals surface area contributed by atoms with Crippen molar-refractivity contribution in [1.29, 1.82) is 0 Å². The van der Waals surface area contributed by atoms with Crippen molar-refractivity contribution in [3.8, 4) is 5.75 Å². The van der Waals surface area contributed by atoms with Gasteiger partial charge in [0, 0.05) is 5.02 Å². The molecule has 1 aliphatic rings. The van der Waals surface area contributed by atoms with Crippen LogP contribution in [0.2, 0.25) is 5.02 Å². The first-order valence-corrected chi connectivity index (χ1v) is 12.0. The monoisotopic (exact) mass is 586 g/mol. The Kier molecular flexibility index (Phi) is 7.33. The standard InChI is InChI=1S/C26H20ClIN2O4/c1-2-16-5-10-20(11-6-16)30-25(32)21(24(31)29-26(30)33)13-18-7-12-23(22(28)14-18)34-15-17-3-8-19(27)9-4-17/h3-14H,2,15H2,1H3,(H,29,31,33)/b21-13-. The molecule has 6 nitrogen and oxygen atoms in total. The van der Waals surface area contributed by atoms with Crippen molar-refractivity contribution in [1.82, 2.24) is 5.32 Å². The number of anilines is 1. The summed E-state index contributed by atoms with van der Waals surface area (Å²) in [7, 11) is 0. The zero-order chi connectivity index (χ0) is 24.2. The lowest BCUT2D eigenvalue weighted by molar-refractivity contribution is -0.122. The first kappa shape index (κ1) is 24.0. The van der Waals surface area contributed by atoms with Crippen molar-refractivity contribution < 1.29 is 19.1 Å². The van der Waals surface area contributed by atoms with Gasteiger partial charge in [-0.25, -0.2) is 9.69 Å². The molecule has 0 spiro atoms. The van der Waals surface area contributed by atoms with Crippen LogP contribution in [0, 0.1) is 3.57 Å². The average Bonchev–Trinajstić information content (AvgIpc) is 2.82. The summed E-state index contributed by atoms with van der Waals surface area (Å²) in [4.78, 5) is 38.9. The Balaban J connectivity index is 1.54. The lowest BCUT2D eigenvalue weighted by Crippen LogP contribution is -2.54. The van der Waals surface area contributed by atoms with Crippen LogP contribution >= 0.6 is 34.2 Å². The summed E-state index contributed by atoms with van der Waals surface area (Å²) in [5, 5.41) is 2.91. The molecule has 0 radical (unpaired) electrons. The molecular formula is C26H20ClIN2O4. The zero-order valence-corrected chi connectivity index (χ0v) is 21.1. The molecule has 4 amide bonds. The van der Waals surface area contributed by atoms with Crippen molar-refractivity contribution in [3.63, 3.8) is 0 Å². The topological polar surface area (TPSA) is 75.7 Å². The molecule has 1 saturated heterocycles. The second kappa shape index (κ2) is 10.4. The van der Waals surface area contributed by atoms with Gasteiger partial charge in [-0.15, -0.1) is 0 Å². The SMILES string of the molecule is CCc1ccc(N2C(=O)NC(=O)/C(=C/c3ccc(OCc4ccc(Cl)cc4)c(I)c3)C2=O)cc1. The van der Waals surface area contributed by atoms with Gasteiger partial charge in [-0.1, -0.05) is 48.9 Å². The summed E-state index contributed by atoms with van der Waals surface area (Å²) in [5.41, 5.74) is 2.97. The van der Waals surface area contributed by atoms with Gasteiger partial charge in [-0.2, -0.15) is 0 Å². The second-order valence-electron chi connectivity index (χ2n) is 7.58. The highest BCUT2D eigenvalue weighted by molar-refractivity contribution is 14.1. The molecular weight excluding hydrogens is 567 g/mol. The quantitative estimate of drug-likeness (QED) is 0.227. The summed E-state index contributed by atoms with van der Waals surface area (Å²) in [6, 6.07) is 19.1. The van der Waals surface area contributed by atoms with Crippen LogP contribution < -0.4 is 15.0 Å². The minimum Gasteiger partial charge on any atom is -0.488 e. The Morgan fingerprint density at radius 3 is 2.29 bits per heavy atom. The molecule has 4 rings (SSSR count). The predicted molar refractivity (Wildman–Crippen MR) is 140 cm³/mol. The molecule has 0 unspecified atom stereocenters. The Bertz CT molecular complexity index is 1290. The lowest BCUT2D eigenvalue weighted by Gasteiger charge is -2.26. The number of rotatable bonds is 6. The minimum atomic E-state index is -0.767. The van der Waals surface area contributed by atoms with Crippen molar-refractivity contribution in [3.05, 3.63) is 97.6 Å². The van der Waals surface area contributed by atoms with E-state index in [0.717, 1.165) is 26.0 Å². The van der Waals surface area contributed by atoms with Gasteiger partial charge in [-0.3, -0.25) is 14.9 Å². The van der Waals surface area contributed by atoms with E-state index < -0.39 is 17.8 Å². The van der Waals surface area contributed by atoms with E-state index in [0.29, 0.717) is 28.6 Å². The van der Waals surface area contributed by atoms with Crippen LogP contribution in [0.15, 0.2) is 72.3 Å². The van der Waals surface area contributed by atoms with E-state index in [2.05, 4.69) is 27.9 Å². The van der Waals surface area contributed by atoms with Gasteiger partial charge in [0.2, 0.25) is 0 Å². The lowest BCUT2D eigenvalue weighted by atomic mass is 10.1. The van der Waals surface area contributed by atoms with Gasteiger partial charge in [0.1, 0.15) is 17.9 Å². The number of imide groups is 2. The fraction of sp³-hybridized carbons (Fsp3) is 0.115. The zero-order valence-electron chi connectivity index (χ0n) is 18.2. The number of urea groups is 1. The number of benzene rings is 3. The van der Waals surface area contributed by atoms with E-state index in [1.54, 1.807) is 36.4 Å². The first-order chi connectivity index (χ1) is 16.4. The van der Waals surface area contributed by atoms with Crippen LogP contribution in [0.3, 0.4) is 0 Å². The Morgan fingerprint density at radius 1 is 0.971 bits per heavy atom. The van der Waals surface area contributed by atoms with Crippen molar-refractivity contribution in [2.45, 2.75) is 20.0 Å². The van der Waals surface area contributed by atoms with Crippen LogP contribution in [-0.2, 0) is 22.6 Å². The molecule has 0 bridgehead atoms. The van der Waals surface area contributed by atoms with Crippen LogP contribution in [-0.4, -0.2) is 17.8 Å². The van der Waals surface area contributed by atoms with E-state index >= 15 is 0 Å². The Morgan fingerprint density at radius 2 is 1.65 bits per heavy atom. The first-order valence-electron chi connectivity index (χ1n) is 10.5. The number of nitrogens with one attached hydrogen (secondary N) is 1. The number of amides is 4. The van der Waals surface area contributed by atoms with Gasteiger partial charge < -0.3 is 4.74 Å². The molecule has 0 aliphatic carbocycles. The summed E-state index contributed by atoms with van der Waals surface area (Å²) in [6.45, 7) is 2.39. The highest BCUT2D eigenvalue weighted by Gasteiger charge is 2.36. The predicted octanol–water partition coefficient (Wildman–Crippen LogP) is 5.75. The van der Waals surface area contributed by atoms with Crippen LogP contribution in [0.5, 0.6) is 5.75 Å². The maximum Gasteiger partial charge on any atom is 0.335 e. The maximum atomic E-state index is 13.1. The normalized spacial score (nSPS) is 15.0. The molecule has 34 heavy (non-hydrogen) atoms. The number of carbonyl (C=O) groups is 3. The van der Waals surface area contributed by atoms with Gasteiger partial charge in [0.05, 0.1) is 9.26 Å². The highest BCUT2D eigenvalue weighted by atomic mass is 127. The number of halogens is 2. The smallest absolute Gasteiger partial charge is 0.335 e. The Labute approximate surface area is 215 Å². The Hall–Kier alpha value is -3.17. The fourth-order valence-corrected chi connectivity index (χ4v) is 4.23. The maximum absolute atomic E-state index is 13.1. The summed E-state index contributed by atoms with van der Waals surface area (Å²) >= 11 is 8.05. The number of aryl methyl sites for hydroxylation is 1. The number of ether oxygens (including phenoxy) is 1. The molecule has 3 aromatic carbocycles. The molecule has 8 heteroatoms. The molecule has 1 fully saturated rings. The van der Waals surface area contributed by atoms with Crippen LogP contribution in [0.1, 0.15) is 23.6 Å². The van der Waals surface area contributed by atoms with Gasteiger partial charge in [0.15, 0.2) is 0 Å². The number of barbiturate groups is 1. The van der Waals surface area contributed by atoms with Gasteiger partial charge in [-0.05, 0) is 88.2 Å². The molecule has 1 heterocycles. The largest absolute Gasteiger partial charge is 0.488 e. The third-order valence-corrected chi connectivity index (χ3v) is 6.37. The fourth-order valence-electron chi connectivity index (χ4n) is 3.40. The average molecular weight is 587 g/mol. The molecule has 1 aliphatic heterocycles. The molecule has 1 N–H and O–H groups in total. The number of hydrogen-bond acceptors (Lipinski definition) is 4. The van der Waals surface area contributed by atoms with E-state index in [9.17, 15) is 14.4 Å². The van der Waals surface area contributed by atoms with Gasteiger partial charge in [0.25, 0.3) is 11.8 Å². The number of hydrogen-bond donors (Lipinski definition) is 1. The molecule has 0 saturated carbocycles. The van der Waals surface area contributed by atoms with Crippen molar-refractivity contribution >= 4 is 63.8 Å². The van der Waals surface area contributed by atoms with Crippen molar-refractivity contribution in [2.75, 3.05) is 4.90 Å². The minimum absolute atomic E-state index is 0.121.